The fraction of sp³-hybridized carbons (Fsp3) is 0.600. The molecule has 0 spiro atoms. The summed E-state index contributed by atoms with van der Waals surface area (Å²) < 4.78 is 6.12. The highest BCUT2D eigenvalue weighted by Crippen LogP contribution is 2.31. The van der Waals surface area contributed by atoms with Crippen LogP contribution in [0.2, 0.25) is 0 Å². The SMILES string of the molecule is CCC(C)(C)C(CCCN)Oc1ccccc1. The third-order valence-corrected chi connectivity index (χ3v) is 3.47. The number of hydrogen-bond donors (Lipinski definition) is 1. The number of benzene rings is 1. The largest absolute Gasteiger partial charge is 0.490 e. The first-order valence-corrected chi connectivity index (χ1v) is 6.52. The van der Waals surface area contributed by atoms with Crippen molar-refractivity contribution in [2.45, 2.75) is 46.1 Å². The van der Waals surface area contributed by atoms with Crippen molar-refractivity contribution in [2.24, 2.45) is 11.1 Å². The second-order valence-corrected chi connectivity index (χ2v) is 5.19. The van der Waals surface area contributed by atoms with E-state index in [1.807, 2.05) is 30.3 Å². The maximum absolute atomic E-state index is 6.12. The van der Waals surface area contributed by atoms with Crippen LogP contribution in [0.1, 0.15) is 40.0 Å². The Kier molecular flexibility index (Phi) is 5.49. The molecule has 0 aliphatic heterocycles. The summed E-state index contributed by atoms with van der Waals surface area (Å²) in [7, 11) is 0. The average Bonchev–Trinajstić information content (AvgIpc) is 2.35. The van der Waals surface area contributed by atoms with Crippen LogP contribution in [0.25, 0.3) is 0 Å². The summed E-state index contributed by atoms with van der Waals surface area (Å²) in [5.74, 6) is 0.955. The summed E-state index contributed by atoms with van der Waals surface area (Å²) in [5, 5.41) is 0. The zero-order chi connectivity index (χ0) is 12.7. The number of rotatable bonds is 7. The minimum absolute atomic E-state index is 0.186. The lowest BCUT2D eigenvalue weighted by molar-refractivity contribution is 0.0615. The second-order valence-electron chi connectivity index (χ2n) is 5.19. The quantitative estimate of drug-likeness (QED) is 0.783. The van der Waals surface area contributed by atoms with Crippen LogP contribution >= 0.6 is 0 Å². The molecular weight excluding hydrogens is 210 g/mol. The molecule has 2 nitrogen and oxygen atoms in total. The van der Waals surface area contributed by atoms with E-state index < -0.39 is 0 Å². The van der Waals surface area contributed by atoms with Gasteiger partial charge in [0.05, 0.1) is 0 Å². The maximum Gasteiger partial charge on any atom is 0.119 e. The highest BCUT2D eigenvalue weighted by molar-refractivity contribution is 5.21. The van der Waals surface area contributed by atoms with Crippen LogP contribution < -0.4 is 10.5 Å². The van der Waals surface area contributed by atoms with Crippen molar-refractivity contribution in [3.63, 3.8) is 0 Å². The molecule has 1 aromatic carbocycles. The lowest BCUT2D eigenvalue weighted by atomic mass is 9.81. The number of nitrogens with two attached hydrogens (primary N) is 1. The monoisotopic (exact) mass is 235 g/mol. The van der Waals surface area contributed by atoms with Crippen molar-refractivity contribution >= 4 is 0 Å². The van der Waals surface area contributed by atoms with E-state index in [9.17, 15) is 0 Å². The fourth-order valence-electron chi connectivity index (χ4n) is 1.80. The molecule has 0 bridgehead atoms. The Labute approximate surface area is 105 Å². The highest BCUT2D eigenvalue weighted by Gasteiger charge is 2.29. The molecule has 1 atom stereocenters. The Morgan fingerprint density at radius 2 is 1.88 bits per heavy atom. The molecule has 0 saturated carbocycles. The molecule has 0 amide bonds. The summed E-state index contributed by atoms with van der Waals surface area (Å²) in [6.07, 6.45) is 3.38. The highest BCUT2D eigenvalue weighted by atomic mass is 16.5. The Balaban J connectivity index is 2.70. The van der Waals surface area contributed by atoms with Crippen LogP contribution in [0.4, 0.5) is 0 Å². The van der Waals surface area contributed by atoms with Gasteiger partial charge in [0.2, 0.25) is 0 Å². The predicted octanol–water partition coefficient (Wildman–Crippen LogP) is 3.61. The van der Waals surface area contributed by atoms with Gasteiger partial charge in [0.25, 0.3) is 0 Å². The molecular formula is C15H25NO. The molecule has 96 valence electrons. The van der Waals surface area contributed by atoms with Crippen LogP contribution in [0, 0.1) is 5.41 Å². The Morgan fingerprint density at radius 1 is 1.24 bits per heavy atom. The van der Waals surface area contributed by atoms with Gasteiger partial charge in [0.1, 0.15) is 11.9 Å². The van der Waals surface area contributed by atoms with Gasteiger partial charge in [-0.15, -0.1) is 0 Å². The van der Waals surface area contributed by atoms with Gasteiger partial charge in [0.15, 0.2) is 0 Å². The Bertz CT molecular complexity index is 308. The average molecular weight is 235 g/mol. The van der Waals surface area contributed by atoms with E-state index in [1.165, 1.54) is 0 Å². The van der Waals surface area contributed by atoms with Crippen LogP contribution in [0.15, 0.2) is 30.3 Å². The van der Waals surface area contributed by atoms with Crippen molar-refractivity contribution in [1.82, 2.24) is 0 Å². The van der Waals surface area contributed by atoms with Gasteiger partial charge in [-0.2, -0.15) is 0 Å². The van der Waals surface area contributed by atoms with Gasteiger partial charge < -0.3 is 10.5 Å². The van der Waals surface area contributed by atoms with E-state index in [-0.39, 0.29) is 11.5 Å². The molecule has 0 heterocycles. The summed E-state index contributed by atoms with van der Waals surface area (Å²) in [6.45, 7) is 7.46. The summed E-state index contributed by atoms with van der Waals surface area (Å²) >= 11 is 0. The topological polar surface area (TPSA) is 35.2 Å². The molecule has 17 heavy (non-hydrogen) atoms. The third-order valence-electron chi connectivity index (χ3n) is 3.47. The first-order valence-electron chi connectivity index (χ1n) is 6.52. The lowest BCUT2D eigenvalue weighted by Crippen LogP contribution is -2.34. The number of hydrogen-bond acceptors (Lipinski definition) is 2. The molecule has 0 aliphatic carbocycles. The van der Waals surface area contributed by atoms with Crippen molar-refractivity contribution in [1.29, 1.82) is 0 Å². The van der Waals surface area contributed by atoms with Crippen LogP contribution in [0.5, 0.6) is 5.75 Å². The minimum atomic E-state index is 0.186. The molecule has 0 fully saturated rings. The number of para-hydroxylation sites is 1. The first-order chi connectivity index (χ1) is 8.10. The van der Waals surface area contributed by atoms with E-state index in [0.29, 0.717) is 0 Å². The van der Waals surface area contributed by atoms with Gasteiger partial charge >= 0.3 is 0 Å². The Hall–Kier alpha value is -1.02. The molecule has 0 aliphatic rings. The molecule has 1 rings (SSSR count). The van der Waals surface area contributed by atoms with Crippen molar-refractivity contribution in [3.8, 4) is 5.75 Å². The molecule has 0 saturated heterocycles. The van der Waals surface area contributed by atoms with Gasteiger partial charge in [-0.1, -0.05) is 39.0 Å². The third kappa shape index (κ3) is 4.39. The molecule has 1 unspecified atom stereocenters. The van der Waals surface area contributed by atoms with Crippen molar-refractivity contribution < 1.29 is 4.74 Å². The molecule has 0 aromatic heterocycles. The smallest absolute Gasteiger partial charge is 0.119 e. The van der Waals surface area contributed by atoms with Crippen molar-refractivity contribution in [2.75, 3.05) is 6.54 Å². The maximum atomic E-state index is 6.12. The van der Waals surface area contributed by atoms with E-state index in [0.717, 1.165) is 31.6 Å². The van der Waals surface area contributed by atoms with Crippen molar-refractivity contribution in [3.05, 3.63) is 30.3 Å². The minimum Gasteiger partial charge on any atom is -0.490 e. The van der Waals surface area contributed by atoms with E-state index in [2.05, 4.69) is 20.8 Å². The van der Waals surface area contributed by atoms with Crippen LogP contribution in [-0.2, 0) is 0 Å². The van der Waals surface area contributed by atoms with Gasteiger partial charge in [-0.05, 0) is 37.9 Å². The molecule has 2 heteroatoms. The first kappa shape index (κ1) is 14.0. The Morgan fingerprint density at radius 3 is 2.41 bits per heavy atom. The van der Waals surface area contributed by atoms with Crippen LogP contribution in [-0.4, -0.2) is 12.6 Å². The second kappa shape index (κ2) is 6.65. The van der Waals surface area contributed by atoms with Gasteiger partial charge in [-0.3, -0.25) is 0 Å². The van der Waals surface area contributed by atoms with Crippen LogP contribution in [0.3, 0.4) is 0 Å². The van der Waals surface area contributed by atoms with E-state index >= 15 is 0 Å². The predicted molar refractivity (Wildman–Crippen MR) is 73.2 cm³/mol. The van der Waals surface area contributed by atoms with Gasteiger partial charge in [0, 0.05) is 5.41 Å². The van der Waals surface area contributed by atoms with Gasteiger partial charge in [-0.25, -0.2) is 0 Å². The summed E-state index contributed by atoms with van der Waals surface area (Å²) in [5.41, 5.74) is 5.78. The van der Waals surface area contributed by atoms with E-state index in [1.54, 1.807) is 0 Å². The number of ether oxygens (including phenoxy) is 1. The summed E-state index contributed by atoms with van der Waals surface area (Å²) in [6, 6.07) is 10.1. The van der Waals surface area contributed by atoms with E-state index in [4.69, 9.17) is 10.5 Å². The zero-order valence-corrected chi connectivity index (χ0v) is 11.3. The normalized spacial score (nSPS) is 13.4. The lowest BCUT2D eigenvalue weighted by Gasteiger charge is -2.34. The molecule has 0 radical (unpaired) electrons. The molecule has 1 aromatic rings. The molecule has 2 N–H and O–H groups in total. The summed E-state index contributed by atoms with van der Waals surface area (Å²) in [4.78, 5) is 0. The standard InChI is InChI=1S/C15H25NO/c1-4-15(2,3)14(11-8-12-16)17-13-9-6-5-7-10-13/h5-7,9-10,14H,4,8,11-12,16H2,1-3H3. The fourth-order valence-corrected chi connectivity index (χ4v) is 1.80. The zero-order valence-electron chi connectivity index (χ0n) is 11.3.